The summed E-state index contributed by atoms with van der Waals surface area (Å²) in [5.41, 5.74) is 1.14. The number of nitrogens with zero attached hydrogens (tertiary/aromatic N) is 1. The van der Waals surface area contributed by atoms with E-state index in [4.69, 9.17) is 4.74 Å². The fourth-order valence-corrected chi connectivity index (χ4v) is 2.63. The molecule has 4 heteroatoms. The molecule has 108 valence electrons. The Morgan fingerprint density at radius 1 is 1.30 bits per heavy atom. The van der Waals surface area contributed by atoms with E-state index < -0.39 is 0 Å². The van der Waals surface area contributed by atoms with Crippen molar-refractivity contribution in [3.63, 3.8) is 0 Å². The minimum absolute atomic E-state index is 0.0388. The van der Waals surface area contributed by atoms with Gasteiger partial charge in [0.15, 0.2) is 0 Å². The molecule has 0 saturated carbocycles. The molecule has 1 fully saturated rings. The van der Waals surface area contributed by atoms with Crippen LogP contribution in [0.4, 0.5) is 0 Å². The molecule has 20 heavy (non-hydrogen) atoms. The molecule has 1 aliphatic rings. The molecule has 4 nitrogen and oxygen atoms in total. The third-order valence-electron chi connectivity index (χ3n) is 3.83. The number of carbonyl (C=O) groups excluding carboxylic acids is 2. The molecule has 2 atom stereocenters. The standard InChI is InChI=1S/C16H21NO3/c1-3-20-15(18)10-9-14-12(2)17(16(14)19)11-13-7-5-4-6-8-13/h4-8,12,14H,3,9-11H2,1-2H3/t12-,14+/m1/s1. The van der Waals surface area contributed by atoms with E-state index in [1.807, 2.05) is 42.2 Å². The van der Waals surface area contributed by atoms with Crippen LogP contribution in [0.5, 0.6) is 0 Å². The van der Waals surface area contributed by atoms with Gasteiger partial charge in [-0.1, -0.05) is 30.3 Å². The molecule has 1 heterocycles. The summed E-state index contributed by atoms with van der Waals surface area (Å²) in [7, 11) is 0. The zero-order chi connectivity index (χ0) is 14.5. The van der Waals surface area contributed by atoms with E-state index in [1.54, 1.807) is 6.92 Å². The third-order valence-corrected chi connectivity index (χ3v) is 3.83. The average Bonchev–Trinajstić information content (AvgIpc) is 2.46. The van der Waals surface area contributed by atoms with Crippen LogP contribution in [-0.4, -0.2) is 29.4 Å². The van der Waals surface area contributed by atoms with E-state index in [9.17, 15) is 9.59 Å². The lowest BCUT2D eigenvalue weighted by molar-refractivity contribution is -0.157. The Morgan fingerprint density at radius 2 is 2.00 bits per heavy atom. The zero-order valence-corrected chi connectivity index (χ0v) is 12.0. The van der Waals surface area contributed by atoms with Gasteiger partial charge in [-0.2, -0.15) is 0 Å². The molecule has 1 aromatic carbocycles. The first-order chi connectivity index (χ1) is 9.63. The fraction of sp³-hybridized carbons (Fsp3) is 0.500. The highest BCUT2D eigenvalue weighted by Crippen LogP contribution is 2.31. The molecule has 1 amide bonds. The molecule has 0 spiro atoms. The molecule has 1 saturated heterocycles. The molecule has 1 aromatic rings. The van der Waals surface area contributed by atoms with Crippen molar-refractivity contribution in [2.75, 3.05) is 6.61 Å². The number of carbonyl (C=O) groups is 2. The summed E-state index contributed by atoms with van der Waals surface area (Å²) in [5, 5.41) is 0. The minimum atomic E-state index is -0.214. The van der Waals surface area contributed by atoms with E-state index in [1.165, 1.54) is 0 Å². The Bertz CT molecular complexity index is 472. The number of rotatable bonds is 6. The van der Waals surface area contributed by atoms with Crippen molar-refractivity contribution < 1.29 is 14.3 Å². The summed E-state index contributed by atoms with van der Waals surface area (Å²) in [6.07, 6.45) is 0.915. The second-order valence-corrected chi connectivity index (χ2v) is 5.14. The van der Waals surface area contributed by atoms with Crippen LogP contribution in [0.1, 0.15) is 32.3 Å². The highest BCUT2D eigenvalue weighted by atomic mass is 16.5. The molecular formula is C16H21NO3. The lowest BCUT2D eigenvalue weighted by Gasteiger charge is -2.45. The average molecular weight is 275 g/mol. The van der Waals surface area contributed by atoms with Gasteiger partial charge >= 0.3 is 5.97 Å². The van der Waals surface area contributed by atoms with Crippen molar-refractivity contribution in [2.24, 2.45) is 5.92 Å². The van der Waals surface area contributed by atoms with Crippen LogP contribution in [0, 0.1) is 5.92 Å². The van der Waals surface area contributed by atoms with Gasteiger partial charge in [0, 0.05) is 19.0 Å². The smallest absolute Gasteiger partial charge is 0.305 e. The molecule has 1 aliphatic heterocycles. The number of hydrogen-bond donors (Lipinski definition) is 0. The molecule has 0 unspecified atom stereocenters. The summed E-state index contributed by atoms with van der Waals surface area (Å²) in [6.45, 7) is 4.88. The second kappa shape index (κ2) is 6.55. The van der Waals surface area contributed by atoms with Gasteiger partial charge in [0.25, 0.3) is 0 Å². The Morgan fingerprint density at radius 3 is 2.60 bits per heavy atom. The van der Waals surface area contributed by atoms with Crippen LogP contribution in [0.2, 0.25) is 0 Å². The van der Waals surface area contributed by atoms with Gasteiger partial charge in [-0.3, -0.25) is 9.59 Å². The van der Waals surface area contributed by atoms with E-state index >= 15 is 0 Å². The molecule has 0 N–H and O–H groups in total. The lowest BCUT2D eigenvalue weighted by atomic mass is 9.84. The van der Waals surface area contributed by atoms with Gasteiger partial charge in [-0.05, 0) is 25.8 Å². The predicted octanol–water partition coefficient (Wildman–Crippen LogP) is 2.38. The summed E-state index contributed by atoms with van der Waals surface area (Å²) in [6, 6.07) is 10.1. The SMILES string of the molecule is CCOC(=O)CC[C@@H]1C(=O)N(Cc2ccccc2)[C@@H]1C. The van der Waals surface area contributed by atoms with Gasteiger partial charge < -0.3 is 9.64 Å². The molecule has 0 radical (unpaired) electrons. The summed E-state index contributed by atoms with van der Waals surface area (Å²) >= 11 is 0. The lowest BCUT2D eigenvalue weighted by Crippen LogP contribution is -2.58. The highest BCUT2D eigenvalue weighted by molar-refractivity contribution is 5.86. The zero-order valence-electron chi connectivity index (χ0n) is 12.0. The highest BCUT2D eigenvalue weighted by Gasteiger charge is 2.43. The second-order valence-electron chi connectivity index (χ2n) is 5.14. The largest absolute Gasteiger partial charge is 0.466 e. The third kappa shape index (κ3) is 3.18. The maximum absolute atomic E-state index is 12.1. The van der Waals surface area contributed by atoms with Crippen LogP contribution in [0.3, 0.4) is 0 Å². The van der Waals surface area contributed by atoms with Gasteiger partial charge in [0.1, 0.15) is 0 Å². The fourth-order valence-electron chi connectivity index (χ4n) is 2.63. The summed E-state index contributed by atoms with van der Waals surface area (Å²) in [4.78, 5) is 25.3. The van der Waals surface area contributed by atoms with Crippen LogP contribution in [0.25, 0.3) is 0 Å². The number of esters is 1. The van der Waals surface area contributed by atoms with E-state index in [0.717, 1.165) is 5.56 Å². The Labute approximate surface area is 119 Å². The normalized spacial score (nSPS) is 21.5. The monoisotopic (exact) mass is 275 g/mol. The number of hydrogen-bond acceptors (Lipinski definition) is 3. The van der Waals surface area contributed by atoms with E-state index in [2.05, 4.69) is 0 Å². The summed E-state index contributed by atoms with van der Waals surface area (Å²) < 4.78 is 4.89. The maximum Gasteiger partial charge on any atom is 0.305 e. The van der Waals surface area contributed by atoms with Crippen molar-refractivity contribution in [1.29, 1.82) is 0 Å². The van der Waals surface area contributed by atoms with Gasteiger partial charge in [0.2, 0.25) is 5.91 Å². The Kier molecular flexibility index (Phi) is 4.77. The number of benzene rings is 1. The molecular weight excluding hydrogens is 254 g/mol. The topological polar surface area (TPSA) is 46.6 Å². The quantitative estimate of drug-likeness (QED) is 0.591. The van der Waals surface area contributed by atoms with Crippen molar-refractivity contribution in [3.05, 3.63) is 35.9 Å². The van der Waals surface area contributed by atoms with E-state index in [0.29, 0.717) is 26.0 Å². The number of likely N-dealkylation sites (tertiary alicyclic amines) is 1. The van der Waals surface area contributed by atoms with E-state index in [-0.39, 0.29) is 23.8 Å². The molecule has 0 aromatic heterocycles. The first kappa shape index (κ1) is 14.6. The first-order valence-corrected chi connectivity index (χ1v) is 7.13. The molecule has 2 rings (SSSR count). The van der Waals surface area contributed by atoms with Gasteiger partial charge in [-0.15, -0.1) is 0 Å². The molecule has 0 aliphatic carbocycles. The first-order valence-electron chi connectivity index (χ1n) is 7.13. The van der Waals surface area contributed by atoms with Gasteiger partial charge in [-0.25, -0.2) is 0 Å². The van der Waals surface area contributed by atoms with Crippen LogP contribution in [-0.2, 0) is 20.9 Å². The summed E-state index contributed by atoms with van der Waals surface area (Å²) in [5.74, 6) is -0.109. The van der Waals surface area contributed by atoms with Crippen LogP contribution < -0.4 is 0 Å². The van der Waals surface area contributed by atoms with Crippen molar-refractivity contribution in [1.82, 2.24) is 4.90 Å². The number of β-lactam (4-membered cyclic amide) rings is 1. The Hall–Kier alpha value is -1.84. The van der Waals surface area contributed by atoms with Crippen molar-refractivity contribution in [3.8, 4) is 0 Å². The molecule has 0 bridgehead atoms. The van der Waals surface area contributed by atoms with Crippen molar-refractivity contribution >= 4 is 11.9 Å². The number of amides is 1. The minimum Gasteiger partial charge on any atom is -0.466 e. The predicted molar refractivity (Wildman–Crippen MR) is 75.8 cm³/mol. The Balaban J connectivity index is 1.82. The number of ether oxygens (including phenoxy) is 1. The van der Waals surface area contributed by atoms with Crippen LogP contribution in [0.15, 0.2) is 30.3 Å². The van der Waals surface area contributed by atoms with Crippen LogP contribution >= 0.6 is 0 Å². The van der Waals surface area contributed by atoms with Crippen molar-refractivity contribution in [2.45, 2.75) is 39.3 Å². The van der Waals surface area contributed by atoms with Gasteiger partial charge in [0.05, 0.1) is 12.5 Å². The maximum atomic E-state index is 12.1.